The summed E-state index contributed by atoms with van der Waals surface area (Å²) in [4.78, 5) is 13.1. The number of rotatable bonds is 1. The molecule has 0 unspecified atom stereocenters. The van der Waals surface area contributed by atoms with Gasteiger partial charge < -0.3 is 4.98 Å². The van der Waals surface area contributed by atoms with Crippen molar-refractivity contribution >= 4 is 39.2 Å². The molecule has 4 nitrogen and oxygen atoms in total. The summed E-state index contributed by atoms with van der Waals surface area (Å²) in [7, 11) is 0. The molecule has 0 saturated heterocycles. The summed E-state index contributed by atoms with van der Waals surface area (Å²) in [5.74, 6) is 0. The van der Waals surface area contributed by atoms with E-state index in [2.05, 4.69) is 27.6 Å². The minimum atomic E-state index is -0.390. The van der Waals surface area contributed by atoms with Gasteiger partial charge in [0.25, 0.3) is 5.69 Å². The molecule has 0 atom stereocenters. The Balaban J connectivity index is 2.67. The Morgan fingerprint density at radius 2 is 2.15 bits per heavy atom. The normalized spacial score (nSPS) is 10.5. The SMILES string of the molecule is O=[N+]([O-])c1ccc2[nH]c(I)cc2c1. The van der Waals surface area contributed by atoms with Gasteiger partial charge in [-0.05, 0) is 34.7 Å². The van der Waals surface area contributed by atoms with E-state index in [1.807, 2.05) is 6.07 Å². The maximum Gasteiger partial charge on any atom is 0.270 e. The van der Waals surface area contributed by atoms with E-state index in [9.17, 15) is 10.1 Å². The van der Waals surface area contributed by atoms with Gasteiger partial charge in [0.2, 0.25) is 0 Å². The van der Waals surface area contributed by atoms with Gasteiger partial charge in [0.1, 0.15) is 0 Å². The van der Waals surface area contributed by atoms with Gasteiger partial charge in [-0.1, -0.05) is 0 Å². The van der Waals surface area contributed by atoms with E-state index < -0.39 is 0 Å². The highest BCUT2D eigenvalue weighted by molar-refractivity contribution is 14.1. The second-order valence-electron chi connectivity index (χ2n) is 2.65. The van der Waals surface area contributed by atoms with Gasteiger partial charge in [-0.3, -0.25) is 10.1 Å². The summed E-state index contributed by atoms with van der Waals surface area (Å²) in [5, 5.41) is 11.3. The molecular formula is C8H5IN2O2. The van der Waals surface area contributed by atoms with Crippen LogP contribution in [0.4, 0.5) is 5.69 Å². The van der Waals surface area contributed by atoms with Crippen molar-refractivity contribution in [1.29, 1.82) is 0 Å². The van der Waals surface area contributed by atoms with Crippen LogP contribution in [0.5, 0.6) is 0 Å². The Kier molecular flexibility index (Phi) is 1.95. The molecule has 0 bridgehead atoms. The second kappa shape index (κ2) is 2.99. The number of aromatic amines is 1. The van der Waals surface area contributed by atoms with E-state index >= 15 is 0 Å². The summed E-state index contributed by atoms with van der Waals surface area (Å²) < 4.78 is 0.980. The van der Waals surface area contributed by atoms with Gasteiger partial charge in [0.15, 0.2) is 0 Å². The molecule has 0 fully saturated rings. The molecule has 5 heteroatoms. The molecule has 13 heavy (non-hydrogen) atoms. The molecule has 1 aromatic heterocycles. The molecule has 0 aliphatic carbocycles. The molecule has 0 aliphatic heterocycles. The van der Waals surface area contributed by atoms with Crippen LogP contribution in [0.2, 0.25) is 0 Å². The monoisotopic (exact) mass is 288 g/mol. The van der Waals surface area contributed by atoms with E-state index in [0.29, 0.717) is 0 Å². The van der Waals surface area contributed by atoms with Crippen LogP contribution >= 0.6 is 22.6 Å². The number of aromatic nitrogens is 1. The van der Waals surface area contributed by atoms with Crippen LogP contribution in [-0.4, -0.2) is 9.91 Å². The van der Waals surface area contributed by atoms with Crippen molar-refractivity contribution in [3.05, 3.63) is 38.1 Å². The maximum absolute atomic E-state index is 10.4. The molecule has 1 aromatic carbocycles. The van der Waals surface area contributed by atoms with Gasteiger partial charge in [-0.15, -0.1) is 0 Å². The van der Waals surface area contributed by atoms with Crippen LogP contribution in [0.3, 0.4) is 0 Å². The van der Waals surface area contributed by atoms with Crippen LogP contribution < -0.4 is 0 Å². The fraction of sp³-hybridized carbons (Fsp3) is 0. The smallest absolute Gasteiger partial charge is 0.270 e. The third-order valence-corrected chi connectivity index (χ3v) is 2.36. The van der Waals surface area contributed by atoms with Crippen LogP contribution in [0.25, 0.3) is 10.9 Å². The number of nitro benzene ring substituents is 1. The minimum absolute atomic E-state index is 0.128. The molecule has 66 valence electrons. The Morgan fingerprint density at radius 1 is 1.38 bits per heavy atom. The third kappa shape index (κ3) is 1.51. The fourth-order valence-electron chi connectivity index (χ4n) is 1.20. The molecule has 0 spiro atoms. The average Bonchev–Trinajstić information content (AvgIpc) is 2.42. The number of fused-ring (bicyclic) bond motifs is 1. The first-order chi connectivity index (χ1) is 6.16. The summed E-state index contributed by atoms with van der Waals surface area (Å²) in [6.45, 7) is 0. The number of non-ortho nitro benzene ring substituents is 1. The van der Waals surface area contributed by atoms with E-state index in [1.54, 1.807) is 12.1 Å². The molecule has 0 saturated carbocycles. The largest absolute Gasteiger partial charge is 0.350 e. The molecule has 0 amide bonds. The van der Waals surface area contributed by atoms with Crippen molar-refractivity contribution < 1.29 is 4.92 Å². The predicted octanol–water partition coefficient (Wildman–Crippen LogP) is 2.68. The summed E-state index contributed by atoms with van der Waals surface area (Å²) in [6, 6.07) is 6.65. The molecule has 2 aromatic rings. The highest BCUT2D eigenvalue weighted by Crippen LogP contribution is 2.21. The van der Waals surface area contributed by atoms with Gasteiger partial charge in [0, 0.05) is 23.0 Å². The first kappa shape index (κ1) is 8.49. The molecule has 0 aliphatic rings. The fourth-order valence-corrected chi connectivity index (χ4v) is 1.82. The van der Waals surface area contributed by atoms with Crippen molar-refractivity contribution in [3.8, 4) is 0 Å². The van der Waals surface area contributed by atoms with E-state index in [1.165, 1.54) is 6.07 Å². The van der Waals surface area contributed by atoms with Crippen molar-refractivity contribution in [2.45, 2.75) is 0 Å². The van der Waals surface area contributed by atoms with Crippen molar-refractivity contribution in [1.82, 2.24) is 4.98 Å². The number of nitro groups is 1. The second-order valence-corrected chi connectivity index (χ2v) is 3.81. The Morgan fingerprint density at radius 3 is 2.85 bits per heavy atom. The lowest BCUT2D eigenvalue weighted by Gasteiger charge is -1.90. The van der Waals surface area contributed by atoms with Crippen molar-refractivity contribution in [2.75, 3.05) is 0 Å². The molecule has 2 rings (SSSR count). The number of H-pyrrole nitrogens is 1. The number of nitrogens with one attached hydrogen (secondary N) is 1. The Bertz CT molecular complexity index is 478. The van der Waals surface area contributed by atoms with E-state index in [0.717, 1.165) is 14.6 Å². The summed E-state index contributed by atoms with van der Waals surface area (Å²) >= 11 is 2.14. The average molecular weight is 288 g/mol. The van der Waals surface area contributed by atoms with Crippen LogP contribution in [0, 0.1) is 13.8 Å². The lowest BCUT2D eigenvalue weighted by atomic mass is 10.2. The van der Waals surface area contributed by atoms with Gasteiger partial charge in [0.05, 0.1) is 8.62 Å². The Labute approximate surface area is 87.2 Å². The summed E-state index contributed by atoms with van der Waals surface area (Å²) in [5.41, 5.74) is 1.05. The highest BCUT2D eigenvalue weighted by atomic mass is 127. The standard InChI is InChI=1S/C8H5IN2O2/c9-8-4-5-3-6(11(12)13)1-2-7(5)10-8/h1-4,10H. The zero-order chi connectivity index (χ0) is 9.42. The van der Waals surface area contributed by atoms with Crippen molar-refractivity contribution in [2.24, 2.45) is 0 Å². The molecule has 1 N–H and O–H groups in total. The third-order valence-electron chi connectivity index (χ3n) is 1.78. The quantitative estimate of drug-likeness (QED) is 0.498. The molecular weight excluding hydrogens is 283 g/mol. The number of benzene rings is 1. The molecule has 0 radical (unpaired) electrons. The summed E-state index contributed by atoms with van der Waals surface area (Å²) in [6.07, 6.45) is 0. The lowest BCUT2D eigenvalue weighted by Crippen LogP contribution is -1.86. The van der Waals surface area contributed by atoms with Gasteiger partial charge >= 0.3 is 0 Å². The van der Waals surface area contributed by atoms with Crippen LogP contribution in [0.15, 0.2) is 24.3 Å². The topological polar surface area (TPSA) is 58.9 Å². The number of hydrogen-bond acceptors (Lipinski definition) is 2. The maximum atomic E-state index is 10.4. The minimum Gasteiger partial charge on any atom is -0.350 e. The highest BCUT2D eigenvalue weighted by Gasteiger charge is 2.06. The van der Waals surface area contributed by atoms with Crippen molar-refractivity contribution in [3.63, 3.8) is 0 Å². The number of halogens is 1. The first-order valence-corrected chi connectivity index (χ1v) is 4.67. The van der Waals surface area contributed by atoms with Crippen LogP contribution in [-0.2, 0) is 0 Å². The lowest BCUT2D eigenvalue weighted by molar-refractivity contribution is -0.384. The molecule has 1 heterocycles. The van der Waals surface area contributed by atoms with E-state index in [4.69, 9.17) is 0 Å². The zero-order valence-corrected chi connectivity index (χ0v) is 8.61. The van der Waals surface area contributed by atoms with E-state index in [-0.39, 0.29) is 10.6 Å². The first-order valence-electron chi connectivity index (χ1n) is 3.59. The van der Waals surface area contributed by atoms with Crippen LogP contribution in [0.1, 0.15) is 0 Å². The number of hydrogen-bond donors (Lipinski definition) is 1. The zero-order valence-electron chi connectivity index (χ0n) is 6.45. The Hall–Kier alpha value is -1.11. The van der Waals surface area contributed by atoms with Gasteiger partial charge in [-0.2, -0.15) is 0 Å². The van der Waals surface area contributed by atoms with Gasteiger partial charge in [-0.25, -0.2) is 0 Å². The number of nitrogens with zero attached hydrogens (tertiary/aromatic N) is 1. The predicted molar refractivity (Wildman–Crippen MR) is 57.7 cm³/mol.